The van der Waals surface area contributed by atoms with Crippen LogP contribution in [0.15, 0.2) is 188 Å². The van der Waals surface area contributed by atoms with E-state index in [1.54, 1.807) is 0 Å². The average molecular weight is 754 g/mol. The van der Waals surface area contributed by atoms with Gasteiger partial charge in [0.15, 0.2) is 17.5 Å². The van der Waals surface area contributed by atoms with Gasteiger partial charge in [-0.15, -0.1) is 0 Å². The van der Waals surface area contributed by atoms with Crippen molar-refractivity contribution in [1.82, 2.24) is 19.5 Å². The molecule has 0 unspecified atom stereocenters. The first-order valence-electron chi connectivity index (χ1n) is 19.7. The maximum Gasteiger partial charge on any atom is 0.164 e. The Hall–Kier alpha value is -8.14. The van der Waals surface area contributed by atoms with Crippen molar-refractivity contribution in [1.29, 1.82) is 5.26 Å². The summed E-state index contributed by atoms with van der Waals surface area (Å²) in [7, 11) is 0. The average Bonchev–Trinajstić information content (AvgIpc) is 3.78. The molecule has 6 heteroatoms. The lowest BCUT2D eigenvalue weighted by atomic mass is 9.66. The second kappa shape index (κ2) is 12.7. The van der Waals surface area contributed by atoms with Gasteiger partial charge in [-0.2, -0.15) is 5.26 Å². The van der Waals surface area contributed by atoms with Crippen molar-refractivity contribution >= 4 is 21.8 Å². The number of nitrogens with zero attached hydrogens (tertiary/aromatic N) is 5. The lowest BCUT2D eigenvalue weighted by molar-refractivity contribution is 0.436. The van der Waals surface area contributed by atoms with Crippen LogP contribution in [0.3, 0.4) is 0 Å². The number of para-hydroxylation sites is 3. The van der Waals surface area contributed by atoms with Gasteiger partial charge in [-0.25, -0.2) is 15.0 Å². The van der Waals surface area contributed by atoms with Gasteiger partial charge in [-0.3, -0.25) is 0 Å². The molecule has 0 saturated heterocycles. The Kier molecular flexibility index (Phi) is 7.11. The predicted molar refractivity (Wildman–Crippen MR) is 233 cm³/mol. The summed E-state index contributed by atoms with van der Waals surface area (Å²) in [6.07, 6.45) is 0. The topological polar surface area (TPSA) is 76.6 Å². The fourth-order valence-electron chi connectivity index (χ4n) is 9.47. The minimum atomic E-state index is -0.587. The van der Waals surface area contributed by atoms with E-state index in [2.05, 4.69) is 108 Å². The molecule has 0 fully saturated rings. The third-order valence-electron chi connectivity index (χ3n) is 12.0. The van der Waals surface area contributed by atoms with Crippen LogP contribution >= 0.6 is 0 Å². The fraction of sp³-hybridized carbons (Fsp3) is 0.0189. The molecule has 2 aliphatic rings. The van der Waals surface area contributed by atoms with E-state index in [9.17, 15) is 5.26 Å². The zero-order valence-electron chi connectivity index (χ0n) is 31.5. The number of hydrogen-bond donors (Lipinski definition) is 0. The Bertz CT molecular complexity index is 3280. The van der Waals surface area contributed by atoms with Crippen molar-refractivity contribution in [2.45, 2.75) is 5.41 Å². The van der Waals surface area contributed by atoms with Crippen LogP contribution in [0.1, 0.15) is 27.8 Å². The Morgan fingerprint density at radius 2 is 1.00 bits per heavy atom. The normalized spacial score (nSPS) is 13.0. The molecule has 0 amide bonds. The molecule has 0 bridgehead atoms. The number of aromatic nitrogens is 4. The van der Waals surface area contributed by atoms with Gasteiger partial charge >= 0.3 is 0 Å². The van der Waals surface area contributed by atoms with Crippen molar-refractivity contribution < 1.29 is 4.74 Å². The number of nitriles is 1. The molecule has 0 saturated carbocycles. The highest BCUT2D eigenvalue weighted by Gasteiger charge is 2.51. The molecular weight excluding hydrogens is 723 g/mol. The third-order valence-corrected chi connectivity index (χ3v) is 12.0. The van der Waals surface area contributed by atoms with Gasteiger partial charge < -0.3 is 9.30 Å². The maximum absolute atomic E-state index is 10.9. The van der Waals surface area contributed by atoms with Gasteiger partial charge in [0.25, 0.3) is 0 Å². The molecule has 12 rings (SSSR count). The molecular formula is C53H31N5O. The van der Waals surface area contributed by atoms with E-state index >= 15 is 0 Å². The van der Waals surface area contributed by atoms with Gasteiger partial charge in [0.1, 0.15) is 17.6 Å². The number of benzene rings is 8. The smallest absolute Gasteiger partial charge is 0.164 e. The van der Waals surface area contributed by atoms with Gasteiger partial charge in [0.2, 0.25) is 0 Å². The van der Waals surface area contributed by atoms with E-state index in [1.807, 2.05) is 91.0 Å². The summed E-state index contributed by atoms with van der Waals surface area (Å²) in [5.74, 6) is 3.36. The molecule has 0 N–H and O–H groups in total. The quantitative estimate of drug-likeness (QED) is 0.179. The lowest BCUT2D eigenvalue weighted by Crippen LogP contribution is -2.32. The van der Waals surface area contributed by atoms with Gasteiger partial charge in [-0.05, 0) is 70.8 Å². The minimum absolute atomic E-state index is 0.500. The summed E-state index contributed by atoms with van der Waals surface area (Å²) in [5, 5.41) is 13.1. The first kappa shape index (κ1) is 33.0. The van der Waals surface area contributed by atoms with Crippen molar-refractivity contribution in [2.24, 2.45) is 0 Å². The second-order valence-electron chi connectivity index (χ2n) is 15.0. The zero-order chi connectivity index (χ0) is 39.1. The summed E-state index contributed by atoms with van der Waals surface area (Å²) in [4.78, 5) is 14.8. The molecule has 59 heavy (non-hydrogen) atoms. The van der Waals surface area contributed by atoms with Crippen molar-refractivity contribution in [3.8, 4) is 68.5 Å². The minimum Gasteiger partial charge on any atom is -0.457 e. The Morgan fingerprint density at radius 3 is 1.66 bits per heavy atom. The number of ether oxygens (including phenoxy) is 1. The maximum atomic E-state index is 10.9. The molecule has 0 atom stereocenters. The van der Waals surface area contributed by atoms with Gasteiger partial charge in [-0.1, -0.05) is 140 Å². The van der Waals surface area contributed by atoms with Crippen LogP contribution in [0, 0.1) is 11.3 Å². The van der Waals surface area contributed by atoms with E-state index in [1.165, 1.54) is 16.7 Å². The van der Waals surface area contributed by atoms with Crippen LogP contribution in [-0.2, 0) is 5.41 Å². The van der Waals surface area contributed by atoms with Crippen LogP contribution in [0.25, 0.3) is 72.8 Å². The van der Waals surface area contributed by atoms with Crippen LogP contribution < -0.4 is 4.74 Å². The summed E-state index contributed by atoms with van der Waals surface area (Å²) in [6, 6.07) is 67.2. The van der Waals surface area contributed by atoms with Crippen LogP contribution in [0.2, 0.25) is 0 Å². The fourth-order valence-corrected chi connectivity index (χ4v) is 9.47. The monoisotopic (exact) mass is 753 g/mol. The molecule has 6 nitrogen and oxygen atoms in total. The van der Waals surface area contributed by atoms with Crippen molar-refractivity contribution in [3.05, 3.63) is 216 Å². The first-order chi connectivity index (χ1) is 29.2. The first-order valence-corrected chi connectivity index (χ1v) is 19.7. The highest BCUT2D eigenvalue weighted by molar-refractivity contribution is 6.12. The van der Waals surface area contributed by atoms with Crippen LogP contribution in [0.5, 0.6) is 11.5 Å². The predicted octanol–water partition coefficient (Wildman–Crippen LogP) is 12.3. The molecule has 3 heterocycles. The number of hydrogen-bond acceptors (Lipinski definition) is 5. The second-order valence-corrected chi connectivity index (χ2v) is 15.0. The number of fused-ring (bicyclic) bond motifs is 12. The van der Waals surface area contributed by atoms with E-state index in [4.69, 9.17) is 19.7 Å². The van der Waals surface area contributed by atoms with E-state index in [0.717, 1.165) is 72.4 Å². The summed E-state index contributed by atoms with van der Waals surface area (Å²) >= 11 is 0. The van der Waals surface area contributed by atoms with Crippen LogP contribution in [-0.4, -0.2) is 19.5 Å². The Balaban J connectivity index is 1.09. The highest BCUT2D eigenvalue weighted by atomic mass is 16.5. The molecule has 1 aliphatic carbocycles. The van der Waals surface area contributed by atoms with Gasteiger partial charge in [0.05, 0.1) is 27.7 Å². The Labute approximate surface area is 339 Å². The summed E-state index contributed by atoms with van der Waals surface area (Å²) < 4.78 is 8.83. The largest absolute Gasteiger partial charge is 0.457 e. The molecule has 1 spiro atoms. The molecule has 10 aromatic rings. The standard InChI is InChI=1S/C53H31N5O/c54-32-36-29-35(52-56-50(33-15-3-1-4-16-33)55-51(57-52)34-17-5-2-6-18-34)27-28-45(36)58-46-24-12-8-20-38(46)40-30-44-39(31-47(40)58)37-19-7-9-21-41(37)53(44)42-22-10-13-25-48(42)59-49-26-14-11-23-43(49)53/h1-31H. The zero-order valence-corrected chi connectivity index (χ0v) is 31.5. The summed E-state index contributed by atoms with van der Waals surface area (Å²) in [6.45, 7) is 0. The Morgan fingerprint density at radius 1 is 0.441 bits per heavy atom. The van der Waals surface area contributed by atoms with E-state index < -0.39 is 5.41 Å². The molecule has 0 radical (unpaired) electrons. The SMILES string of the molecule is N#Cc1cc(-c2nc(-c3ccccc3)nc(-c3ccccc3)n2)ccc1-n1c2ccccc2c2cc3c(cc21)-c1ccccc1C31c2ccccc2Oc2ccccc21. The highest BCUT2D eigenvalue weighted by Crippen LogP contribution is 2.62. The third kappa shape index (κ3) is 4.76. The summed E-state index contributed by atoms with van der Waals surface area (Å²) in [5.41, 5.74) is 12.3. The number of rotatable bonds is 4. The van der Waals surface area contributed by atoms with E-state index in [0.29, 0.717) is 23.0 Å². The molecule has 1 aliphatic heterocycles. The van der Waals surface area contributed by atoms with E-state index in [-0.39, 0.29) is 0 Å². The van der Waals surface area contributed by atoms with Crippen molar-refractivity contribution in [2.75, 3.05) is 0 Å². The van der Waals surface area contributed by atoms with Gasteiger partial charge in [0, 0.05) is 38.6 Å². The van der Waals surface area contributed by atoms with Crippen LogP contribution in [0.4, 0.5) is 0 Å². The molecule has 2 aromatic heterocycles. The lowest BCUT2D eigenvalue weighted by Gasteiger charge is -2.39. The molecule has 274 valence electrons. The molecule has 8 aromatic carbocycles. The van der Waals surface area contributed by atoms with Crippen molar-refractivity contribution in [3.63, 3.8) is 0 Å².